The number of aromatic hydroxyl groups is 4. The highest BCUT2D eigenvalue weighted by molar-refractivity contribution is 5.84. The Morgan fingerprint density at radius 1 is 0.575 bits per heavy atom. The van der Waals surface area contributed by atoms with Gasteiger partial charge in [-0.15, -0.1) is 0 Å². The molecule has 0 unspecified atom stereocenters. The summed E-state index contributed by atoms with van der Waals surface area (Å²) in [6.45, 7) is 15.0. The summed E-state index contributed by atoms with van der Waals surface area (Å²) < 4.78 is 1.42. The maximum atomic E-state index is 9.08. The van der Waals surface area contributed by atoms with Gasteiger partial charge in [0.1, 0.15) is 0 Å². The van der Waals surface area contributed by atoms with Crippen LogP contribution in [0.15, 0.2) is 46.7 Å². The van der Waals surface area contributed by atoms with E-state index in [0.29, 0.717) is 0 Å². The number of nitrogens with zero attached hydrogens (tertiary/aromatic N) is 3. The molecule has 0 aliphatic carbocycles. The number of hydrogen-bond acceptors (Lipinski definition) is 8. The minimum atomic E-state index is -0.287. The van der Waals surface area contributed by atoms with Gasteiger partial charge in [-0.2, -0.15) is 0 Å². The van der Waals surface area contributed by atoms with Crippen LogP contribution in [0.2, 0.25) is 0 Å². The maximum Gasteiger partial charge on any atom is 0.166 e. The van der Waals surface area contributed by atoms with Crippen molar-refractivity contribution < 1.29 is 40.0 Å². The van der Waals surface area contributed by atoms with Crippen LogP contribution in [-0.4, -0.2) is 73.9 Å². The number of hydrogen-bond donors (Lipinski definition) is 6. The fraction of sp³-hybridized carbons (Fsp3) is 0.533. The molecule has 2 rings (SSSR count). The molecule has 6 N–H and O–H groups in total. The molecule has 0 bridgehead atoms. The van der Waals surface area contributed by atoms with Crippen LogP contribution in [-0.2, 0) is 0 Å². The van der Waals surface area contributed by atoms with Gasteiger partial charge in [0.2, 0.25) is 0 Å². The smallest absolute Gasteiger partial charge is 0.166 e. The molecular formula is C30H50FN3O6. The lowest BCUT2D eigenvalue weighted by Crippen LogP contribution is -3.00. The van der Waals surface area contributed by atoms with Crippen molar-refractivity contribution in [2.75, 3.05) is 26.2 Å². The number of oxime groups is 2. The predicted octanol–water partition coefficient (Wildman–Crippen LogP) is 3.82. The van der Waals surface area contributed by atoms with Crippen LogP contribution in [0, 0.1) is 0 Å². The molecule has 10 heteroatoms. The van der Waals surface area contributed by atoms with E-state index < -0.39 is 0 Å². The van der Waals surface area contributed by atoms with Gasteiger partial charge in [-0.05, 0) is 49.9 Å². The average Bonchev–Trinajstić information content (AvgIpc) is 2.94. The SMILES string of the molecule is CCCC[N+](CCCC)(CCCC)CCCC.O/N=C/c1cccc(O)c1O.O/N=C/c1cccc(O)c1O.[F-]. The third-order valence-corrected chi connectivity index (χ3v) is 6.43. The summed E-state index contributed by atoms with van der Waals surface area (Å²) >= 11 is 0. The summed E-state index contributed by atoms with van der Waals surface area (Å²) in [5, 5.41) is 57.7. The van der Waals surface area contributed by atoms with Gasteiger partial charge < -0.3 is 40.0 Å². The minimum Gasteiger partial charge on any atom is -1.00 e. The Kier molecular flexibility index (Phi) is 22.6. The van der Waals surface area contributed by atoms with Crippen LogP contribution in [0.4, 0.5) is 0 Å². The summed E-state index contributed by atoms with van der Waals surface area (Å²) in [6, 6.07) is 8.76. The van der Waals surface area contributed by atoms with E-state index in [0.717, 1.165) is 12.4 Å². The van der Waals surface area contributed by atoms with Crippen molar-refractivity contribution in [2.24, 2.45) is 10.3 Å². The molecule has 0 heterocycles. The van der Waals surface area contributed by atoms with E-state index in [2.05, 4.69) is 38.0 Å². The third-order valence-electron chi connectivity index (χ3n) is 6.43. The molecular weight excluding hydrogens is 517 g/mol. The first-order valence-corrected chi connectivity index (χ1v) is 14.0. The van der Waals surface area contributed by atoms with Gasteiger partial charge >= 0.3 is 0 Å². The molecule has 0 spiro atoms. The van der Waals surface area contributed by atoms with E-state index in [1.54, 1.807) is 0 Å². The first kappa shape index (κ1) is 38.6. The largest absolute Gasteiger partial charge is 1.00 e. The monoisotopic (exact) mass is 567 g/mol. The molecule has 0 aromatic heterocycles. The van der Waals surface area contributed by atoms with Crippen LogP contribution in [0.1, 0.15) is 90.2 Å². The quantitative estimate of drug-likeness (QED) is 0.0673. The number of rotatable bonds is 14. The summed E-state index contributed by atoms with van der Waals surface area (Å²) in [7, 11) is 0. The Balaban J connectivity index is 0. The zero-order chi connectivity index (χ0) is 29.5. The molecule has 0 saturated heterocycles. The lowest BCUT2D eigenvalue weighted by molar-refractivity contribution is -0.929. The lowest BCUT2D eigenvalue weighted by Gasteiger charge is -2.39. The molecule has 228 valence electrons. The number of para-hydroxylation sites is 2. The van der Waals surface area contributed by atoms with Gasteiger partial charge in [-0.25, -0.2) is 0 Å². The second-order valence-electron chi connectivity index (χ2n) is 9.57. The second-order valence-corrected chi connectivity index (χ2v) is 9.57. The first-order valence-electron chi connectivity index (χ1n) is 14.0. The third kappa shape index (κ3) is 15.2. The molecule has 0 radical (unpaired) electrons. The summed E-state index contributed by atoms with van der Waals surface area (Å²) in [4.78, 5) is 0. The molecule has 2 aromatic rings. The molecule has 0 aliphatic rings. The zero-order valence-electron chi connectivity index (χ0n) is 24.5. The molecule has 0 aliphatic heterocycles. The second kappa shape index (κ2) is 23.4. The van der Waals surface area contributed by atoms with Crippen molar-refractivity contribution >= 4 is 12.4 Å². The number of benzene rings is 2. The van der Waals surface area contributed by atoms with Gasteiger partial charge in [0.25, 0.3) is 0 Å². The van der Waals surface area contributed by atoms with Crippen LogP contribution in [0.3, 0.4) is 0 Å². The predicted molar refractivity (Wildman–Crippen MR) is 158 cm³/mol. The molecule has 9 nitrogen and oxygen atoms in total. The lowest BCUT2D eigenvalue weighted by atomic mass is 10.1. The molecule has 0 atom stereocenters. The number of phenolic OH excluding ortho intramolecular Hbond substituents is 4. The van der Waals surface area contributed by atoms with Crippen molar-refractivity contribution in [3.05, 3.63) is 47.5 Å². The van der Waals surface area contributed by atoms with Crippen molar-refractivity contribution in [1.82, 2.24) is 0 Å². The normalized spacial score (nSPS) is 10.9. The Labute approximate surface area is 238 Å². The van der Waals surface area contributed by atoms with Gasteiger partial charge in [0.15, 0.2) is 23.0 Å². The van der Waals surface area contributed by atoms with E-state index in [1.807, 2.05) is 0 Å². The molecule has 0 amide bonds. The standard InChI is InChI=1S/C16H36N.2C7H7NO3.FH/c1-5-9-13-17(14-10-6-2,15-11-7-3)16-12-8-4;2*9-6-3-1-2-5(4-8-11)7(6)10;/h5-16H2,1-4H3;2*1-4,9-11H;1H/q+1;;;/p-1/b;2*8-4+;. The van der Waals surface area contributed by atoms with Gasteiger partial charge in [-0.1, -0.05) is 75.8 Å². The van der Waals surface area contributed by atoms with E-state index in [1.165, 1.54) is 118 Å². The van der Waals surface area contributed by atoms with Crippen molar-refractivity contribution in [3.8, 4) is 23.0 Å². The number of quaternary nitrogens is 1. The summed E-state index contributed by atoms with van der Waals surface area (Å²) in [6.07, 6.45) is 13.1. The van der Waals surface area contributed by atoms with E-state index in [4.69, 9.17) is 30.8 Å². The Bertz CT molecular complexity index is 875. The van der Waals surface area contributed by atoms with Crippen molar-refractivity contribution in [1.29, 1.82) is 0 Å². The van der Waals surface area contributed by atoms with Crippen molar-refractivity contribution in [2.45, 2.75) is 79.1 Å². The maximum absolute atomic E-state index is 9.08. The van der Waals surface area contributed by atoms with Gasteiger partial charge in [-0.3, -0.25) is 0 Å². The topological polar surface area (TPSA) is 146 Å². The Morgan fingerprint density at radius 3 is 1.12 bits per heavy atom. The fourth-order valence-corrected chi connectivity index (χ4v) is 4.08. The number of unbranched alkanes of at least 4 members (excludes halogenated alkanes) is 4. The molecule has 0 fully saturated rings. The fourth-order valence-electron chi connectivity index (χ4n) is 4.08. The van der Waals surface area contributed by atoms with E-state index in [9.17, 15) is 0 Å². The molecule has 40 heavy (non-hydrogen) atoms. The average molecular weight is 568 g/mol. The molecule has 2 aromatic carbocycles. The zero-order valence-corrected chi connectivity index (χ0v) is 24.5. The van der Waals surface area contributed by atoms with Crippen molar-refractivity contribution in [3.63, 3.8) is 0 Å². The highest BCUT2D eigenvalue weighted by Gasteiger charge is 2.24. The van der Waals surface area contributed by atoms with Crippen LogP contribution in [0.5, 0.6) is 23.0 Å². The number of phenols is 4. The van der Waals surface area contributed by atoms with Crippen LogP contribution >= 0.6 is 0 Å². The molecule has 0 saturated carbocycles. The highest BCUT2D eigenvalue weighted by atomic mass is 19.0. The Hall–Kier alpha value is -3.53. The number of halogens is 1. The summed E-state index contributed by atoms with van der Waals surface area (Å²) in [5.41, 5.74) is 0.542. The Morgan fingerprint density at radius 2 is 0.875 bits per heavy atom. The van der Waals surface area contributed by atoms with E-state index in [-0.39, 0.29) is 38.8 Å². The van der Waals surface area contributed by atoms with Crippen LogP contribution in [0.25, 0.3) is 0 Å². The first-order chi connectivity index (χ1) is 18.7. The minimum absolute atomic E-state index is 0. The highest BCUT2D eigenvalue weighted by Crippen LogP contribution is 2.27. The van der Waals surface area contributed by atoms with E-state index >= 15 is 0 Å². The van der Waals surface area contributed by atoms with Gasteiger partial charge in [0, 0.05) is 11.1 Å². The van der Waals surface area contributed by atoms with Crippen LogP contribution < -0.4 is 4.70 Å². The summed E-state index contributed by atoms with van der Waals surface area (Å²) in [5.74, 6) is -1.04. The van der Waals surface area contributed by atoms with Gasteiger partial charge in [0.05, 0.1) is 38.6 Å².